The van der Waals surface area contributed by atoms with Gasteiger partial charge >= 0.3 is 0 Å². The fraction of sp³-hybridized carbons (Fsp3) is 0.143. The van der Waals surface area contributed by atoms with Crippen LogP contribution < -0.4 is 5.32 Å². The van der Waals surface area contributed by atoms with E-state index in [-0.39, 0.29) is 11.4 Å². The van der Waals surface area contributed by atoms with Crippen molar-refractivity contribution in [3.05, 3.63) is 70.5 Å². The van der Waals surface area contributed by atoms with Gasteiger partial charge in [-0.3, -0.25) is 4.79 Å². The van der Waals surface area contributed by atoms with Crippen molar-refractivity contribution in [2.45, 2.75) is 13.3 Å². The van der Waals surface area contributed by atoms with E-state index in [1.165, 1.54) is 0 Å². The van der Waals surface area contributed by atoms with Gasteiger partial charge in [-0.05, 0) is 55.3 Å². The number of nitrogens with one attached hydrogen (secondary N) is 3. The summed E-state index contributed by atoms with van der Waals surface area (Å²) >= 11 is 0. The Kier molecular flexibility index (Phi) is 4.32. The first-order chi connectivity index (χ1) is 13.5. The summed E-state index contributed by atoms with van der Waals surface area (Å²) in [5.74, 6) is -2.07. The summed E-state index contributed by atoms with van der Waals surface area (Å²) in [4.78, 5) is 18.3. The largest absolute Gasteiger partial charge is 0.356 e. The summed E-state index contributed by atoms with van der Waals surface area (Å²) in [6.07, 6.45) is 0.474. The second kappa shape index (κ2) is 6.82. The molecule has 28 heavy (non-hydrogen) atoms. The van der Waals surface area contributed by atoms with E-state index in [4.69, 9.17) is 5.26 Å². The first-order valence-electron chi connectivity index (χ1n) is 8.74. The Balaban J connectivity index is 1.49. The van der Waals surface area contributed by atoms with Crippen LogP contribution in [0.5, 0.6) is 0 Å². The number of amides is 1. The maximum Gasteiger partial charge on any atom is 0.267 e. The molecule has 140 valence electrons. The molecule has 1 amide bonds. The molecule has 7 heteroatoms. The van der Waals surface area contributed by atoms with Gasteiger partial charge in [0.1, 0.15) is 5.69 Å². The van der Waals surface area contributed by atoms with Crippen molar-refractivity contribution in [1.29, 1.82) is 5.26 Å². The molecule has 0 saturated heterocycles. The molecule has 4 rings (SSSR count). The molecule has 5 nitrogen and oxygen atoms in total. The molecule has 0 bridgehead atoms. The Morgan fingerprint density at radius 2 is 2.00 bits per heavy atom. The number of aromatic nitrogens is 2. The number of rotatable bonds is 4. The molecule has 0 fully saturated rings. The van der Waals surface area contributed by atoms with Crippen molar-refractivity contribution < 1.29 is 13.6 Å². The van der Waals surface area contributed by atoms with Gasteiger partial charge in [0.25, 0.3) is 5.91 Å². The van der Waals surface area contributed by atoms with E-state index in [0.717, 1.165) is 28.2 Å². The number of H-pyrrole nitrogens is 2. The molecule has 0 atom stereocenters. The van der Waals surface area contributed by atoms with Crippen LogP contribution in [-0.2, 0) is 6.42 Å². The Morgan fingerprint density at radius 3 is 2.79 bits per heavy atom. The zero-order valence-electron chi connectivity index (χ0n) is 15.0. The third kappa shape index (κ3) is 2.99. The summed E-state index contributed by atoms with van der Waals surface area (Å²) < 4.78 is 27.3. The lowest BCUT2D eigenvalue weighted by Gasteiger charge is -2.05. The summed E-state index contributed by atoms with van der Waals surface area (Å²) in [5, 5.41) is 13.2. The van der Waals surface area contributed by atoms with Gasteiger partial charge in [0.05, 0.1) is 17.1 Å². The molecule has 0 aliphatic rings. The van der Waals surface area contributed by atoms with Gasteiger partial charge < -0.3 is 15.3 Å². The number of carbonyl (C=O) groups excluding carboxylic acids is 1. The fourth-order valence-corrected chi connectivity index (χ4v) is 3.43. The van der Waals surface area contributed by atoms with Crippen molar-refractivity contribution in [2.24, 2.45) is 0 Å². The second-order valence-electron chi connectivity index (χ2n) is 6.62. The monoisotopic (exact) mass is 378 g/mol. The van der Waals surface area contributed by atoms with Crippen LogP contribution in [0.1, 0.15) is 27.3 Å². The van der Waals surface area contributed by atoms with Crippen LogP contribution in [0, 0.1) is 29.9 Å². The molecule has 0 aliphatic heterocycles. The number of nitriles is 1. The van der Waals surface area contributed by atoms with Crippen LogP contribution in [0.3, 0.4) is 0 Å². The highest BCUT2D eigenvalue weighted by Crippen LogP contribution is 2.26. The van der Waals surface area contributed by atoms with Gasteiger partial charge in [-0.2, -0.15) is 5.26 Å². The summed E-state index contributed by atoms with van der Waals surface area (Å²) in [5.41, 5.74) is 3.41. The van der Waals surface area contributed by atoms with E-state index in [9.17, 15) is 13.6 Å². The molecular weight excluding hydrogens is 362 g/mol. The number of nitrogens with zero attached hydrogens (tertiary/aromatic N) is 1. The molecular formula is C21H16F2N4O. The van der Waals surface area contributed by atoms with Crippen LogP contribution >= 0.6 is 0 Å². The van der Waals surface area contributed by atoms with E-state index >= 15 is 0 Å². The SMILES string of the molecule is Cc1[nH]c2c(F)c(F)ccc2c1CCNC(=O)c1cc2cc(C#N)ccc2[nH]1. The maximum atomic E-state index is 13.9. The molecule has 2 aromatic heterocycles. The lowest BCUT2D eigenvalue weighted by Crippen LogP contribution is -2.26. The predicted octanol–water partition coefficient (Wildman–Crippen LogP) is 4.08. The molecule has 0 spiro atoms. The number of hydrogen-bond acceptors (Lipinski definition) is 2. The smallest absolute Gasteiger partial charge is 0.267 e. The van der Waals surface area contributed by atoms with E-state index in [1.54, 1.807) is 37.3 Å². The normalized spacial score (nSPS) is 11.1. The number of halogens is 2. The third-order valence-electron chi connectivity index (χ3n) is 4.84. The maximum absolute atomic E-state index is 13.9. The minimum atomic E-state index is -0.898. The second-order valence-corrected chi connectivity index (χ2v) is 6.62. The van der Waals surface area contributed by atoms with Crippen LogP contribution in [0.2, 0.25) is 0 Å². The summed E-state index contributed by atoms with van der Waals surface area (Å²) in [7, 11) is 0. The van der Waals surface area contributed by atoms with Gasteiger partial charge in [0.15, 0.2) is 11.6 Å². The highest BCUT2D eigenvalue weighted by atomic mass is 19.2. The number of benzene rings is 2. The molecule has 0 unspecified atom stereocenters. The van der Waals surface area contributed by atoms with Crippen molar-refractivity contribution in [1.82, 2.24) is 15.3 Å². The van der Waals surface area contributed by atoms with Crippen molar-refractivity contribution in [2.75, 3.05) is 6.54 Å². The van der Waals surface area contributed by atoms with Gasteiger partial charge in [-0.15, -0.1) is 0 Å². The highest BCUT2D eigenvalue weighted by Gasteiger charge is 2.15. The number of fused-ring (bicyclic) bond motifs is 2. The Hall–Kier alpha value is -3.66. The van der Waals surface area contributed by atoms with Gasteiger partial charge in [-0.25, -0.2) is 8.78 Å². The fourth-order valence-electron chi connectivity index (χ4n) is 3.43. The molecule has 2 aromatic carbocycles. The number of aromatic amines is 2. The van der Waals surface area contributed by atoms with E-state index in [1.807, 2.05) is 0 Å². The van der Waals surface area contributed by atoms with Crippen LogP contribution in [0.15, 0.2) is 36.4 Å². The molecule has 0 saturated carbocycles. The minimum absolute atomic E-state index is 0.141. The van der Waals surface area contributed by atoms with Gasteiger partial charge in [0.2, 0.25) is 0 Å². The lowest BCUT2D eigenvalue weighted by molar-refractivity contribution is 0.0950. The van der Waals surface area contributed by atoms with Crippen molar-refractivity contribution >= 4 is 27.7 Å². The topological polar surface area (TPSA) is 84.5 Å². The third-order valence-corrected chi connectivity index (χ3v) is 4.84. The Morgan fingerprint density at radius 1 is 1.18 bits per heavy atom. The summed E-state index contributed by atoms with van der Waals surface area (Å²) in [6, 6.07) is 11.6. The quantitative estimate of drug-likeness (QED) is 0.500. The number of aryl methyl sites for hydroxylation is 1. The van der Waals surface area contributed by atoms with Crippen LogP contribution in [0.25, 0.3) is 21.8 Å². The van der Waals surface area contributed by atoms with Crippen LogP contribution in [0.4, 0.5) is 8.78 Å². The predicted molar refractivity (Wildman–Crippen MR) is 102 cm³/mol. The zero-order chi connectivity index (χ0) is 19.8. The first-order valence-corrected chi connectivity index (χ1v) is 8.74. The van der Waals surface area contributed by atoms with E-state index < -0.39 is 11.6 Å². The van der Waals surface area contributed by atoms with Crippen molar-refractivity contribution in [3.63, 3.8) is 0 Å². The molecule has 0 aliphatic carbocycles. The van der Waals surface area contributed by atoms with Crippen molar-refractivity contribution in [3.8, 4) is 6.07 Å². The molecule has 3 N–H and O–H groups in total. The summed E-state index contributed by atoms with van der Waals surface area (Å²) in [6.45, 7) is 2.13. The Labute approximate surface area is 159 Å². The lowest BCUT2D eigenvalue weighted by atomic mass is 10.1. The van der Waals surface area contributed by atoms with Crippen LogP contribution in [-0.4, -0.2) is 22.4 Å². The van der Waals surface area contributed by atoms with E-state index in [2.05, 4.69) is 21.4 Å². The zero-order valence-corrected chi connectivity index (χ0v) is 15.0. The standard InChI is InChI=1S/C21H16F2N4O/c1-11-14(15-3-4-16(22)19(23)20(15)26-11)6-7-25-21(28)18-9-13-8-12(10-24)2-5-17(13)27-18/h2-5,8-9,26-27H,6-7H2,1H3,(H,25,28). The first kappa shape index (κ1) is 17.7. The number of hydrogen-bond donors (Lipinski definition) is 3. The average Bonchev–Trinajstić information content (AvgIpc) is 3.25. The van der Waals surface area contributed by atoms with Gasteiger partial charge in [0, 0.05) is 28.5 Å². The Bertz CT molecular complexity index is 1260. The highest BCUT2D eigenvalue weighted by molar-refractivity contribution is 5.98. The average molecular weight is 378 g/mol. The minimum Gasteiger partial charge on any atom is -0.356 e. The molecule has 2 heterocycles. The molecule has 4 aromatic rings. The molecule has 0 radical (unpaired) electrons. The van der Waals surface area contributed by atoms with Gasteiger partial charge in [-0.1, -0.05) is 0 Å². The van der Waals surface area contributed by atoms with E-state index in [0.29, 0.717) is 29.6 Å². The number of carbonyl (C=O) groups is 1.